The van der Waals surface area contributed by atoms with Crippen molar-refractivity contribution >= 4 is 11.6 Å². The predicted octanol–water partition coefficient (Wildman–Crippen LogP) is 3.05. The lowest BCUT2D eigenvalue weighted by Gasteiger charge is -2.30. The number of rotatable bonds is 5. The van der Waals surface area contributed by atoms with Gasteiger partial charge in [0.25, 0.3) is 0 Å². The average Bonchev–Trinajstić information content (AvgIpc) is 3.30. The van der Waals surface area contributed by atoms with E-state index in [2.05, 4.69) is 25.1 Å². The molecule has 1 fully saturated rings. The molecule has 1 amide bonds. The summed E-state index contributed by atoms with van der Waals surface area (Å²) < 4.78 is 0. The Hall–Kier alpha value is -1.35. The van der Waals surface area contributed by atoms with Gasteiger partial charge in [0.1, 0.15) is 0 Å². The van der Waals surface area contributed by atoms with Crippen LogP contribution in [0, 0.1) is 5.92 Å². The van der Waals surface area contributed by atoms with Crippen LogP contribution < -0.4 is 10.6 Å². The van der Waals surface area contributed by atoms with Crippen molar-refractivity contribution in [2.45, 2.75) is 57.9 Å². The van der Waals surface area contributed by atoms with Gasteiger partial charge in [-0.2, -0.15) is 0 Å². The van der Waals surface area contributed by atoms with E-state index >= 15 is 0 Å². The Morgan fingerprint density at radius 1 is 1.43 bits per heavy atom. The highest BCUT2D eigenvalue weighted by Gasteiger charge is 2.35. The van der Waals surface area contributed by atoms with Crippen LogP contribution in [0.5, 0.6) is 0 Å². The van der Waals surface area contributed by atoms with Crippen LogP contribution in [0.25, 0.3) is 0 Å². The fraction of sp³-hybridized carbons (Fsp3) is 0.611. The van der Waals surface area contributed by atoms with Crippen molar-refractivity contribution in [3.8, 4) is 0 Å². The topological polar surface area (TPSA) is 46.3 Å². The van der Waals surface area contributed by atoms with Crippen LogP contribution in [0.4, 0.5) is 5.69 Å². The minimum absolute atomic E-state index is 0.251. The molecular weight excluding hydrogens is 260 g/mol. The SMILES string of the molecule is CCCC(N)Cc1ccc2c(c1)CCCN2C(=O)C1CC1. The number of nitrogens with zero attached hydrogens (tertiary/aromatic N) is 1. The van der Waals surface area contributed by atoms with E-state index in [4.69, 9.17) is 5.73 Å². The zero-order chi connectivity index (χ0) is 14.8. The molecule has 1 aliphatic heterocycles. The van der Waals surface area contributed by atoms with Crippen LogP contribution in [0.2, 0.25) is 0 Å². The molecule has 1 saturated carbocycles. The molecule has 2 N–H and O–H groups in total. The molecule has 1 unspecified atom stereocenters. The second-order valence-corrected chi connectivity index (χ2v) is 6.58. The molecular formula is C18H26N2O. The summed E-state index contributed by atoms with van der Waals surface area (Å²) in [5, 5.41) is 0. The lowest BCUT2D eigenvalue weighted by molar-refractivity contribution is -0.119. The number of hydrogen-bond acceptors (Lipinski definition) is 2. The highest BCUT2D eigenvalue weighted by Crippen LogP contribution is 2.36. The van der Waals surface area contributed by atoms with Gasteiger partial charge < -0.3 is 10.6 Å². The van der Waals surface area contributed by atoms with Gasteiger partial charge in [-0.15, -0.1) is 0 Å². The van der Waals surface area contributed by atoms with Crippen molar-refractivity contribution in [2.75, 3.05) is 11.4 Å². The highest BCUT2D eigenvalue weighted by atomic mass is 16.2. The number of anilines is 1. The molecule has 0 spiro atoms. The van der Waals surface area contributed by atoms with Crippen molar-refractivity contribution in [3.05, 3.63) is 29.3 Å². The summed E-state index contributed by atoms with van der Waals surface area (Å²) in [6.07, 6.45) is 7.47. The summed E-state index contributed by atoms with van der Waals surface area (Å²) in [6, 6.07) is 6.83. The van der Waals surface area contributed by atoms with Gasteiger partial charge in [-0.1, -0.05) is 25.5 Å². The molecule has 1 aromatic rings. The molecule has 3 rings (SSSR count). The van der Waals surface area contributed by atoms with Crippen LogP contribution in [-0.4, -0.2) is 18.5 Å². The molecule has 0 aromatic heterocycles. The van der Waals surface area contributed by atoms with Crippen molar-refractivity contribution in [1.29, 1.82) is 0 Å². The third kappa shape index (κ3) is 3.29. The molecule has 1 aliphatic carbocycles. The van der Waals surface area contributed by atoms with E-state index in [1.54, 1.807) is 0 Å². The molecule has 0 saturated heterocycles. The summed E-state index contributed by atoms with van der Waals surface area (Å²) in [6.45, 7) is 3.06. The molecule has 3 nitrogen and oxygen atoms in total. The third-order valence-corrected chi connectivity index (χ3v) is 4.61. The fourth-order valence-corrected chi connectivity index (χ4v) is 3.33. The second-order valence-electron chi connectivity index (χ2n) is 6.58. The lowest BCUT2D eigenvalue weighted by atomic mass is 9.95. The number of aryl methyl sites for hydroxylation is 1. The Morgan fingerprint density at radius 2 is 2.24 bits per heavy atom. The number of fused-ring (bicyclic) bond motifs is 1. The minimum Gasteiger partial charge on any atom is -0.327 e. The van der Waals surface area contributed by atoms with Gasteiger partial charge in [-0.3, -0.25) is 4.79 Å². The minimum atomic E-state index is 0.251. The van der Waals surface area contributed by atoms with Crippen molar-refractivity contribution in [1.82, 2.24) is 0 Å². The Morgan fingerprint density at radius 3 is 2.95 bits per heavy atom. The van der Waals surface area contributed by atoms with Crippen molar-refractivity contribution in [2.24, 2.45) is 11.7 Å². The molecule has 114 valence electrons. The Bertz CT molecular complexity index is 522. The van der Waals surface area contributed by atoms with Crippen LogP contribution >= 0.6 is 0 Å². The Kier molecular flexibility index (Phi) is 4.29. The predicted molar refractivity (Wildman–Crippen MR) is 86.4 cm³/mol. The van der Waals surface area contributed by atoms with E-state index < -0.39 is 0 Å². The molecule has 21 heavy (non-hydrogen) atoms. The number of hydrogen-bond donors (Lipinski definition) is 1. The zero-order valence-electron chi connectivity index (χ0n) is 13.0. The van der Waals surface area contributed by atoms with Crippen LogP contribution in [0.3, 0.4) is 0 Å². The molecule has 1 atom stereocenters. The first-order valence-corrected chi connectivity index (χ1v) is 8.37. The zero-order valence-corrected chi connectivity index (χ0v) is 13.0. The number of benzene rings is 1. The maximum absolute atomic E-state index is 12.4. The van der Waals surface area contributed by atoms with Gasteiger partial charge >= 0.3 is 0 Å². The molecule has 1 aromatic carbocycles. The molecule has 0 bridgehead atoms. The first kappa shape index (κ1) is 14.6. The van der Waals surface area contributed by atoms with Gasteiger partial charge in [0.15, 0.2) is 0 Å². The summed E-state index contributed by atoms with van der Waals surface area (Å²) in [7, 11) is 0. The number of carbonyl (C=O) groups is 1. The van der Waals surface area contributed by atoms with E-state index in [0.717, 1.165) is 57.2 Å². The van der Waals surface area contributed by atoms with Crippen LogP contribution in [-0.2, 0) is 17.6 Å². The van der Waals surface area contributed by atoms with Crippen molar-refractivity contribution in [3.63, 3.8) is 0 Å². The van der Waals surface area contributed by atoms with Gasteiger partial charge in [0, 0.05) is 24.2 Å². The first-order valence-electron chi connectivity index (χ1n) is 8.37. The standard InChI is InChI=1S/C18H26N2O/c1-2-4-16(19)12-13-6-9-17-15(11-13)5-3-10-20(17)18(21)14-7-8-14/h6,9,11,14,16H,2-5,7-8,10,12,19H2,1H3. The third-order valence-electron chi connectivity index (χ3n) is 4.61. The molecule has 0 radical (unpaired) electrons. The summed E-state index contributed by atoms with van der Waals surface area (Å²) in [5.41, 5.74) is 9.94. The smallest absolute Gasteiger partial charge is 0.230 e. The maximum Gasteiger partial charge on any atom is 0.230 e. The first-order chi connectivity index (χ1) is 10.2. The van der Waals surface area contributed by atoms with E-state index in [9.17, 15) is 4.79 Å². The normalized spacial score (nSPS) is 19.2. The summed E-state index contributed by atoms with van der Waals surface area (Å²) >= 11 is 0. The highest BCUT2D eigenvalue weighted by molar-refractivity contribution is 5.97. The summed E-state index contributed by atoms with van der Waals surface area (Å²) in [5.74, 6) is 0.639. The largest absolute Gasteiger partial charge is 0.327 e. The second kappa shape index (κ2) is 6.18. The molecule has 3 heteroatoms. The van der Waals surface area contributed by atoms with E-state index in [1.807, 2.05) is 4.90 Å². The van der Waals surface area contributed by atoms with Gasteiger partial charge in [0.05, 0.1) is 0 Å². The monoisotopic (exact) mass is 286 g/mol. The van der Waals surface area contributed by atoms with E-state index in [-0.39, 0.29) is 6.04 Å². The fourth-order valence-electron chi connectivity index (χ4n) is 3.33. The van der Waals surface area contributed by atoms with E-state index in [1.165, 1.54) is 11.1 Å². The number of amides is 1. The maximum atomic E-state index is 12.4. The van der Waals surface area contributed by atoms with E-state index in [0.29, 0.717) is 11.8 Å². The van der Waals surface area contributed by atoms with Crippen LogP contribution in [0.1, 0.15) is 50.2 Å². The Labute approximate surface area is 127 Å². The summed E-state index contributed by atoms with van der Waals surface area (Å²) in [4.78, 5) is 14.4. The average molecular weight is 286 g/mol. The van der Waals surface area contributed by atoms with Crippen LogP contribution in [0.15, 0.2) is 18.2 Å². The van der Waals surface area contributed by atoms with Gasteiger partial charge in [-0.05, 0) is 55.7 Å². The van der Waals surface area contributed by atoms with Crippen molar-refractivity contribution < 1.29 is 4.79 Å². The molecule has 1 heterocycles. The quantitative estimate of drug-likeness (QED) is 0.904. The number of carbonyl (C=O) groups excluding carboxylic acids is 1. The lowest BCUT2D eigenvalue weighted by Crippen LogP contribution is -2.36. The van der Waals surface area contributed by atoms with Gasteiger partial charge in [-0.25, -0.2) is 0 Å². The Balaban J connectivity index is 1.76. The molecule has 2 aliphatic rings. The van der Waals surface area contributed by atoms with Gasteiger partial charge in [0.2, 0.25) is 5.91 Å². The number of nitrogens with two attached hydrogens (primary N) is 1.